The Kier molecular flexibility index (Phi) is 5.44. The Labute approximate surface area is 123 Å². The van der Waals surface area contributed by atoms with Gasteiger partial charge in [-0.15, -0.1) is 0 Å². The van der Waals surface area contributed by atoms with Crippen molar-refractivity contribution in [1.82, 2.24) is 15.5 Å². The largest absolute Gasteiger partial charge is 0.350 e. The summed E-state index contributed by atoms with van der Waals surface area (Å²) >= 11 is 0. The van der Waals surface area contributed by atoms with Crippen LogP contribution in [0.25, 0.3) is 0 Å². The van der Waals surface area contributed by atoms with E-state index in [0.29, 0.717) is 12.6 Å². The van der Waals surface area contributed by atoms with Gasteiger partial charge in [0.15, 0.2) is 0 Å². The molecule has 4 heteroatoms. The first-order valence-electron chi connectivity index (χ1n) is 8.25. The molecule has 0 aromatic rings. The quantitative estimate of drug-likeness (QED) is 0.747. The van der Waals surface area contributed by atoms with Crippen LogP contribution >= 0.6 is 0 Å². The molecule has 2 rings (SSSR count). The predicted molar refractivity (Wildman–Crippen MR) is 82.7 cm³/mol. The summed E-state index contributed by atoms with van der Waals surface area (Å²) in [5, 5.41) is 6.79. The maximum Gasteiger partial charge on any atom is 0.234 e. The molecule has 4 nitrogen and oxygen atoms in total. The summed E-state index contributed by atoms with van der Waals surface area (Å²) in [5.41, 5.74) is -0.0821. The highest BCUT2D eigenvalue weighted by Gasteiger charge is 2.25. The lowest BCUT2D eigenvalue weighted by Gasteiger charge is -2.33. The van der Waals surface area contributed by atoms with Crippen LogP contribution in [0.3, 0.4) is 0 Å². The molecule has 0 atom stereocenters. The van der Waals surface area contributed by atoms with Gasteiger partial charge < -0.3 is 10.6 Å². The van der Waals surface area contributed by atoms with Gasteiger partial charge >= 0.3 is 0 Å². The number of amides is 1. The second-order valence-corrected chi connectivity index (χ2v) is 7.19. The van der Waals surface area contributed by atoms with Crippen LogP contribution < -0.4 is 10.6 Å². The van der Waals surface area contributed by atoms with E-state index in [4.69, 9.17) is 0 Å². The van der Waals surface area contributed by atoms with Gasteiger partial charge in [0.25, 0.3) is 0 Å². The van der Waals surface area contributed by atoms with Crippen molar-refractivity contribution in [3.05, 3.63) is 0 Å². The van der Waals surface area contributed by atoms with Gasteiger partial charge in [0.2, 0.25) is 5.91 Å². The lowest BCUT2D eigenvalue weighted by atomic mass is 10.0. The number of piperidine rings is 1. The Morgan fingerprint density at radius 1 is 1.20 bits per heavy atom. The average molecular weight is 281 g/mol. The number of carbonyl (C=O) groups is 1. The number of hydrogen-bond acceptors (Lipinski definition) is 3. The monoisotopic (exact) mass is 281 g/mol. The van der Waals surface area contributed by atoms with Crippen LogP contribution in [0, 0.1) is 5.92 Å². The van der Waals surface area contributed by atoms with Gasteiger partial charge in [0, 0.05) is 24.7 Å². The topological polar surface area (TPSA) is 44.4 Å². The third-order valence-electron chi connectivity index (χ3n) is 4.71. The predicted octanol–water partition coefficient (Wildman–Crippen LogP) is 1.76. The standard InChI is InChI=1S/C16H31N3O/c1-4-16(2,3)18-15(20)12-19-9-7-14(8-10-19)17-11-13-5-6-13/h13-14,17H,4-12H2,1-3H3,(H,18,20). The first kappa shape index (κ1) is 15.8. The van der Waals surface area contributed by atoms with Crippen LogP contribution in [0.5, 0.6) is 0 Å². The van der Waals surface area contributed by atoms with E-state index < -0.39 is 0 Å². The first-order valence-corrected chi connectivity index (χ1v) is 8.25. The Balaban J connectivity index is 1.61. The molecule has 1 amide bonds. The first-order chi connectivity index (χ1) is 9.48. The summed E-state index contributed by atoms with van der Waals surface area (Å²) in [6, 6.07) is 0.669. The van der Waals surface area contributed by atoms with Gasteiger partial charge in [-0.2, -0.15) is 0 Å². The molecule has 2 N–H and O–H groups in total. The lowest BCUT2D eigenvalue weighted by Crippen LogP contribution is -2.50. The third-order valence-corrected chi connectivity index (χ3v) is 4.71. The van der Waals surface area contributed by atoms with E-state index in [-0.39, 0.29) is 11.4 Å². The average Bonchev–Trinajstić information content (AvgIpc) is 3.21. The molecule has 0 spiro atoms. The van der Waals surface area contributed by atoms with Gasteiger partial charge in [-0.25, -0.2) is 0 Å². The normalized spacial score (nSPS) is 21.9. The molecule has 0 radical (unpaired) electrons. The van der Waals surface area contributed by atoms with Gasteiger partial charge in [-0.3, -0.25) is 9.69 Å². The molecule has 1 saturated carbocycles. The minimum Gasteiger partial charge on any atom is -0.350 e. The second kappa shape index (κ2) is 6.90. The molecule has 116 valence electrons. The molecule has 2 aliphatic rings. The number of nitrogens with one attached hydrogen (secondary N) is 2. The second-order valence-electron chi connectivity index (χ2n) is 7.19. The molecule has 1 aliphatic heterocycles. The van der Waals surface area contributed by atoms with Crippen LogP contribution in [-0.4, -0.2) is 48.6 Å². The van der Waals surface area contributed by atoms with Crippen LogP contribution in [0.15, 0.2) is 0 Å². The minimum absolute atomic E-state index is 0.0821. The molecule has 20 heavy (non-hydrogen) atoms. The van der Waals surface area contributed by atoms with E-state index in [0.717, 1.165) is 25.4 Å². The fraction of sp³-hybridized carbons (Fsp3) is 0.938. The Hall–Kier alpha value is -0.610. The number of rotatable bonds is 7. The molecule has 1 heterocycles. The van der Waals surface area contributed by atoms with E-state index in [2.05, 4.69) is 36.3 Å². The van der Waals surface area contributed by atoms with Gasteiger partial charge in [-0.05, 0) is 58.4 Å². The summed E-state index contributed by atoms with van der Waals surface area (Å²) in [6.07, 6.45) is 6.15. The van der Waals surface area contributed by atoms with Crippen molar-refractivity contribution in [2.75, 3.05) is 26.2 Å². The molecule has 0 bridgehead atoms. The smallest absolute Gasteiger partial charge is 0.234 e. The van der Waals surface area contributed by atoms with E-state index in [9.17, 15) is 4.79 Å². The van der Waals surface area contributed by atoms with Crippen molar-refractivity contribution < 1.29 is 4.79 Å². The van der Waals surface area contributed by atoms with Gasteiger partial charge in [0.05, 0.1) is 6.54 Å². The van der Waals surface area contributed by atoms with E-state index >= 15 is 0 Å². The molecular weight excluding hydrogens is 250 g/mol. The van der Waals surface area contributed by atoms with Crippen molar-refractivity contribution in [3.8, 4) is 0 Å². The molecule has 0 unspecified atom stereocenters. The Bertz CT molecular complexity index is 318. The minimum atomic E-state index is -0.0821. The highest BCUT2D eigenvalue weighted by molar-refractivity contribution is 5.78. The third kappa shape index (κ3) is 5.41. The van der Waals surface area contributed by atoms with Gasteiger partial charge in [0.1, 0.15) is 0 Å². The number of carbonyl (C=O) groups excluding carboxylic acids is 1. The van der Waals surface area contributed by atoms with Crippen molar-refractivity contribution in [1.29, 1.82) is 0 Å². The van der Waals surface area contributed by atoms with Gasteiger partial charge in [-0.1, -0.05) is 6.92 Å². The van der Waals surface area contributed by atoms with E-state index in [1.54, 1.807) is 0 Å². The number of hydrogen-bond donors (Lipinski definition) is 2. The fourth-order valence-electron chi connectivity index (χ4n) is 2.66. The molecule has 0 aromatic heterocycles. The maximum absolute atomic E-state index is 12.0. The summed E-state index contributed by atoms with van der Waals surface area (Å²) in [6.45, 7) is 10.1. The molecule has 2 fully saturated rings. The zero-order valence-electron chi connectivity index (χ0n) is 13.4. The van der Waals surface area contributed by atoms with Crippen molar-refractivity contribution in [3.63, 3.8) is 0 Å². The van der Waals surface area contributed by atoms with Crippen LogP contribution in [0.2, 0.25) is 0 Å². The summed E-state index contributed by atoms with van der Waals surface area (Å²) in [7, 11) is 0. The molecule has 0 aromatic carbocycles. The number of likely N-dealkylation sites (tertiary alicyclic amines) is 1. The Morgan fingerprint density at radius 3 is 2.40 bits per heavy atom. The lowest BCUT2D eigenvalue weighted by molar-refractivity contribution is -0.124. The van der Waals surface area contributed by atoms with Crippen molar-refractivity contribution in [2.45, 2.75) is 64.5 Å². The van der Waals surface area contributed by atoms with Crippen molar-refractivity contribution >= 4 is 5.91 Å². The zero-order chi connectivity index (χ0) is 14.6. The maximum atomic E-state index is 12.0. The van der Waals surface area contributed by atoms with E-state index in [1.165, 1.54) is 32.2 Å². The molecular formula is C16H31N3O. The Morgan fingerprint density at radius 2 is 1.85 bits per heavy atom. The van der Waals surface area contributed by atoms with Crippen LogP contribution in [0.1, 0.15) is 52.9 Å². The van der Waals surface area contributed by atoms with Crippen LogP contribution in [-0.2, 0) is 4.79 Å². The summed E-state index contributed by atoms with van der Waals surface area (Å²) in [5.74, 6) is 1.12. The highest BCUT2D eigenvalue weighted by Crippen LogP contribution is 2.28. The van der Waals surface area contributed by atoms with Crippen LogP contribution in [0.4, 0.5) is 0 Å². The zero-order valence-corrected chi connectivity index (χ0v) is 13.4. The van der Waals surface area contributed by atoms with E-state index in [1.807, 2.05) is 0 Å². The SMILES string of the molecule is CCC(C)(C)NC(=O)CN1CCC(NCC2CC2)CC1. The summed E-state index contributed by atoms with van der Waals surface area (Å²) in [4.78, 5) is 14.3. The number of nitrogens with zero attached hydrogens (tertiary/aromatic N) is 1. The molecule has 1 saturated heterocycles. The fourth-order valence-corrected chi connectivity index (χ4v) is 2.66. The van der Waals surface area contributed by atoms with Crippen molar-refractivity contribution in [2.24, 2.45) is 5.92 Å². The molecule has 1 aliphatic carbocycles. The highest BCUT2D eigenvalue weighted by atomic mass is 16.2. The summed E-state index contributed by atoms with van der Waals surface area (Å²) < 4.78 is 0.